The number of ether oxygens (including phenoxy) is 3. The highest BCUT2D eigenvalue weighted by Crippen LogP contribution is 2.22. The number of aliphatic carboxylic acids is 2. The van der Waals surface area contributed by atoms with Gasteiger partial charge in [0, 0.05) is 6.42 Å². The van der Waals surface area contributed by atoms with Crippen LogP contribution < -0.4 is 0 Å². The van der Waals surface area contributed by atoms with Crippen LogP contribution in [0.1, 0.15) is 129 Å². The predicted molar refractivity (Wildman–Crippen MR) is 140 cm³/mol. The van der Waals surface area contributed by atoms with E-state index in [-0.39, 0.29) is 31.7 Å². The van der Waals surface area contributed by atoms with Gasteiger partial charge >= 0.3 is 29.8 Å². The fourth-order valence-corrected chi connectivity index (χ4v) is 4.02. The summed E-state index contributed by atoms with van der Waals surface area (Å²) in [6.45, 7) is 4.27. The van der Waals surface area contributed by atoms with Crippen molar-refractivity contribution < 1.29 is 48.4 Å². The fourth-order valence-electron chi connectivity index (χ4n) is 4.02. The van der Waals surface area contributed by atoms with Crippen LogP contribution in [0.2, 0.25) is 0 Å². The van der Waals surface area contributed by atoms with Crippen LogP contribution >= 0.6 is 0 Å². The summed E-state index contributed by atoms with van der Waals surface area (Å²) in [7, 11) is 0. The summed E-state index contributed by atoms with van der Waals surface area (Å²) < 4.78 is 16.2. The average Bonchev–Trinajstić information content (AvgIpc) is 2.86. The number of unbranched alkanes of at least 4 members (excludes halogenated alkanes) is 9. The Morgan fingerprint density at radius 2 is 0.947 bits per heavy atom. The molecule has 0 rings (SSSR count). The van der Waals surface area contributed by atoms with E-state index in [1.807, 2.05) is 0 Å². The van der Waals surface area contributed by atoms with E-state index >= 15 is 0 Å². The van der Waals surface area contributed by atoms with Gasteiger partial charge in [-0.2, -0.15) is 0 Å². The molecule has 2 unspecified atom stereocenters. The van der Waals surface area contributed by atoms with Crippen LogP contribution in [-0.4, -0.2) is 58.9 Å². The minimum atomic E-state index is -1.11. The molecule has 2 atom stereocenters. The van der Waals surface area contributed by atoms with Crippen LogP contribution in [0.4, 0.5) is 0 Å². The molecule has 38 heavy (non-hydrogen) atoms. The third-order valence-electron chi connectivity index (χ3n) is 6.08. The van der Waals surface area contributed by atoms with E-state index in [2.05, 4.69) is 6.92 Å². The lowest BCUT2D eigenvalue weighted by Crippen LogP contribution is -2.35. The van der Waals surface area contributed by atoms with E-state index in [0.29, 0.717) is 32.3 Å². The molecule has 0 saturated heterocycles. The zero-order valence-corrected chi connectivity index (χ0v) is 23.3. The predicted octanol–water partition coefficient (Wildman–Crippen LogP) is 5.58. The molecule has 0 heterocycles. The third-order valence-corrected chi connectivity index (χ3v) is 6.08. The molecule has 0 spiro atoms. The van der Waals surface area contributed by atoms with Crippen molar-refractivity contribution in [2.24, 2.45) is 0 Å². The topological polar surface area (TPSA) is 154 Å². The summed E-state index contributed by atoms with van der Waals surface area (Å²) >= 11 is 0. The molecular formula is C28H48O10. The second-order valence-electron chi connectivity index (χ2n) is 9.51. The van der Waals surface area contributed by atoms with Crippen molar-refractivity contribution in [3.63, 3.8) is 0 Å². The molecule has 0 aliphatic carbocycles. The molecule has 0 aromatic carbocycles. The molecule has 10 nitrogen and oxygen atoms in total. The maximum absolute atomic E-state index is 12.4. The highest BCUT2D eigenvalue weighted by Gasteiger charge is 2.28. The number of rotatable bonds is 25. The van der Waals surface area contributed by atoms with E-state index in [1.54, 1.807) is 6.92 Å². The van der Waals surface area contributed by atoms with Gasteiger partial charge in [0.2, 0.25) is 0 Å². The number of carbonyl (C=O) groups excluding carboxylic acids is 3. The molecule has 0 aliphatic heterocycles. The van der Waals surface area contributed by atoms with Gasteiger partial charge in [-0.3, -0.25) is 24.0 Å². The Morgan fingerprint density at radius 1 is 0.526 bits per heavy atom. The van der Waals surface area contributed by atoms with Crippen molar-refractivity contribution in [2.45, 2.75) is 142 Å². The molecule has 0 aliphatic rings. The maximum Gasteiger partial charge on any atom is 0.306 e. The Morgan fingerprint density at radius 3 is 1.37 bits per heavy atom. The summed E-state index contributed by atoms with van der Waals surface area (Å²) in [4.78, 5) is 57.9. The highest BCUT2D eigenvalue weighted by molar-refractivity contribution is 5.77. The summed E-state index contributed by atoms with van der Waals surface area (Å²) in [5.74, 6) is -3.74. The Labute approximate surface area is 226 Å². The van der Waals surface area contributed by atoms with E-state index in [9.17, 15) is 24.0 Å². The van der Waals surface area contributed by atoms with Crippen molar-refractivity contribution >= 4 is 29.8 Å². The molecule has 0 fully saturated rings. The van der Waals surface area contributed by atoms with Gasteiger partial charge in [-0.1, -0.05) is 58.3 Å². The molecule has 0 aromatic rings. The van der Waals surface area contributed by atoms with Crippen LogP contribution in [0.15, 0.2) is 0 Å². The largest absolute Gasteiger partial charge is 0.481 e. The van der Waals surface area contributed by atoms with E-state index < -0.39 is 36.1 Å². The van der Waals surface area contributed by atoms with Gasteiger partial charge in [0.1, 0.15) is 12.2 Å². The van der Waals surface area contributed by atoms with Crippen molar-refractivity contribution in [1.29, 1.82) is 0 Å². The van der Waals surface area contributed by atoms with E-state index in [0.717, 1.165) is 64.2 Å². The number of carbonyl (C=O) groups is 5. The zero-order valence-electron chi connectivity index (χ0n) is 23.3. The van der Waals surface area contributed by atoms with Crippen LogP contribution in [-0.2, 0) is 38.2 Å². The Balaban J connectivity index is 5.08. The fraction of sp³-hybridized carbons (Fsp3) is 0.821. The van der Waals surface area contributed by atoms with Gasteiger partial charge in [0.05, 0.1) is 32.3 Å². The van der Waals surface area contributed by atoms with E-state index in [1.165, 1.54) is 0 Å². The number of hydrogen-bond donors (Lipinski definition) is 2. The first kappa shape index (κ1) is 35.4. The monoisotopic (exact) mass is 544 g/mol. The summed E-state index contributed by atoms with van der Waals surface area (Å²) in [5, 5.41) is 17.8. The Bertz CT molecular complexity index is 691. The SMILES string of the molecule is CCCCCCCCC(OC(=O)CCC(=O)O)C(CCCCCCCC(=O)OCC)OC(=O)CCC(=O)O. The molecule has 10 heteroatoms. The smallest absolute Gasteiger partial charge is 0.306 e. The van der Waals surface area contributed by atoms with Crippen molar-refractivity contribution in [3.05, 3.63) is 0 Å². The van der Waals surface area contributed by atoms with Gasteiger partial charge in [0.25, 0.3) is 0 Å². The summed E-state index contributed by atoms with van der Waals surface area (Å²) in [6.07, 6.45) is 8.67. The lowest BCUT2D eigenvalue weighted by molar-refractivity contribution is -0.170. The molecule has 0 saturated carbocycles. The minimum absolute atomic E-state index is 0.205. The number of carboxylic acid groups (broad SMARTS) is 2. The molecule has 0 amide bonds. The van der Waals surface area contributed by atoms with Crippen LogP contribution in [0.25, 0.3) is 0 Å². The number of esters is 3. The first-order chi connectivity index (χ1) is 18.2. The molecule has 2 N–H and O–H groups in total. The standard InChI is InChI=1S/C28H48O10/c1-3-5-6-7-9-12-15-22(37-27(34)20-18-24(29)30)23(38-28(35)21-19-25(31)32)16-13-10-8-11-14-17-26(33)36-4-2/h22-23H,3-21H2,1-2H3,(H,29,30)(H,31,32). The Hall–Kier alpha value is -2.65. The molecule has 0 bridgehead atoms. The second kappa shape index (κ2) is 23.5. The zero-order chi connectivity index (χ0) is 28.6. The van der Waals surface area contributed by atoms with E-state index in [4.69, 9.17) is 24.4 Å². The molecule has 220 valence electrons. The number of carboxylic acids is 2. The van der Waals surface area contributed by atoms with Crippen LogP contribution in [0.5, 0.6) is 0 Å². The molecule has 0 aromatic heterocycles. The van der Waals surface area contributed by atoms with Crippen LogP contribution in [0.3, 0.4) is 0 Å². The lowest BCUT2D eigenvalue weighted by Gasteiger charge is -2.27. The first-order valence-electron chi connectivity index (χ1n) is 14.2. The molecule has 0 radical (unpaired) electrons. The first-order valence-corrected chi connectivity index (χ1v) is 14.2. The van der Waals surface area contributed by atoms with Gasteiger partial charge in [-0.05, 0) is 39.0 Å². The summed E-state index contributed by atoms with van der Waals surface area (Å²) in [5.41, 5.74) is 0. The van der Waals surface area contributed by atoms with Crippen molar-refractivity contribution in [3.8, 4) is 0 Å². The normalized spacial score (nSPS) is 12.4. The van der Waals surface area contributed by atoms with Crippen LogP contribution in [0, 0.1) is 0 Å². The average molecular weight is 545 g/mol. The summed E-state index contributed by atoms with van der Waals surface area (Å²) in [6, 6.07) is 0. The second-order valence-corrected chi connectivity index (χ2v) is 9.51. The minimum Gasteiger partial charge on any atom is -0.481 e. The lowest BCUT2D eigenvalue weighted by atomic mass is 9.99. The van der Waals surface area contributed by atoms with Gasteiger partial charge < -0.3 is 24.4 Å². The van der Waals surface area contributed by atoms with Gasteiger partial charge in [-0.15, -0.1) is 0 Å². The van der Waals surface area contributed by atoms with Gasteiger partial charge in [0.15, 0.2) is 0 Å². The Kier molecular flexibility index (Phi) is 21.8. The highest BCUT2D eigenvalue weighted by atomic mass is 16.6. The van der Waals surface area contributed by atoms with Crippen molar-refractivity contribution in [1.82, 2.24) is 0 Å². The molecular weight excluding hydrogens is 496 g/mol. The quantitative estimate of drug-likeness (QED) is 0.0845. The van der Waals surface area contributed by atoms with Gasteiger partial charge in [-0.25, -0.2) is 0 Å². The third kappa shape index (κ3) is 21.4. The number of hydrogen-bond acceptors (Lipinski definition) is 8. The van der Waals surface area contributed by atoms with Crippen molar-refractivity contribution in [2.75, 3.05) is 6.61 Å². The maximum atomic E-state index is 12.4.